The zero-order chi connectivity index (χ0) is 11.5. The van der Waals surface area contributed by atoms with E-state index in [1.807, 2.05) is 0 Å². The van der Waals surface area contributed by atoms with Crippen LogP contribution in [-0.2, 0) is 11.2 Å². The van der Waals surface area contributed by atoms with Gasteiger partial charge in [0.1, 0.15) is 11.5 Å². The van der Waals surface area contributed by atoms with Crippen molar-refractivity contribution in [3.8, 4) is 17.1 Å². The Morgan fingerprint density at radius 2 is 2.19 bits per heavy atom. The van der Waals surface area contributed by atoms with Crippen LogP contribution >= 0.6 is 0 Å². The van der Waals surface area contributed by atoms with E-state index in [9.17, 15) is 9.90 Å². The van der Waals surface area contributed by atoms with Crippen molar-refractivity contribution in [1.29, 1.82) is 0 Å². The first-order chi connectivity index (χ1) is 7.66. The maximum absolute atomic E-state index is 10.8. The van der Waals surface area contributed by atoms with E-state index in [2.05, 4.69) is 10.1 Å². The van der Waals surface area contributed by atoms with Crippen LogP contribution in [0.5, 0.6) is 5.75 Å². The molecule has 0 atom stereocenters. The topological polar surface area (TPSA) is 76.2 Å². The molecule has 82 valence electrons. The molecule has 2 aromatic rings. The van der Waals surface area contributed by atoms with Gasteiger partial charge in [-0.15, -0.1) is 0 Å². The van der Waals surface area contributed by atoms with Crippen molar-refractivity contribution in [2.75, 3.05) is 0 Å². The highest BCUT2D eigenvalue weighted by molar-refractivity contribution is 5.77. The Labute approximate surface area is 91.7 Å². The summed E-state index contributed by atoms with van der Waals surface area (Å²) in [5.74, 6) is 0.574. The number of carbonyl (C=O) groups excluding carboxylic acids is 1. The fourth-order valence-electron chi connectivity index (χ4n) is 1.31. The number of aromatic nitrogens is 2. The molecule has 0 bridgehead atoms. The number of hydrogen-bond donors (Lipinski definition) is 1. The van der Waals surface area contributed by atoms with Gasteiger partial charge >= 0.3 is 0 Å². The molecule has 0 aliphatic rings. The van der Waals surface area contributed by atoms with Crippen LogP contribution < -0.4 is 0 Å². The van der Waals surface area contributed by atoms with Crippen LogP contribution in [0.3, 0.4) is 0 Å². The number of ketones is 1. The van der Waals surface area contributed by atoms with Crippen molar-refractivity contribution >= 4 is 5.78 Å². The summed E-state index contributed by atoms with van der Waals surface area (Å²) in [7, 11) is 0. The number of nitrogens with zero attached hydrogens (tertiary/aromatic N) is 2. The third-order valence-electron chi connectivity index (χ3n) is 2.01. The zero-order valence-electron chi connectivity index (χ0n) is 8.67. The van der Waals surface area contributed by atoms with Crippen molar-refractivity contribution in [1.82, 2.24) is 10.1 Å². The molecule has 16 heavy (non-hydrogen) atoms. The summed E-state index contributed by atoms with van der Waals surface area (Å²) in [5.41, 5.74) is 0.487. The van der Waals surface area contributed by atoms with E-state index in [4.69, 9.17) is 4.52 Å². The number of phenols is 1. The van der Waals surface area contributed by atoms with E-state index < -0.39 is 0 Å². The summed E-state index contributed by atoms with van der Waals surface area (Å²) in [6.45, 7) is 1.45. The average Bonchev–Trinajstić information content (AvgIpc) is 2.66. The Bertz CT molecular complexity index is 519. The number of Topliss-reactive ketones (excluding diaryl/α,β-unsaturated/α-hetero) is 1. The predicted molar refractivity (Wildman–Crippen MR) is 55.8 cm³/mol. The first-order valence-corrected chi connectivity index (χ1v) is 4.77. The molecular weight excluding hydrogens is 208 g/mol. The highest BCUT2D eigenvalue weighted by atomic mass is 16.5. The quantitative estimate of drug-likeness (QED) is 0.846. The van der Waals surface area contributed by atoms with Crippen LogP contribution in [0.25, 0.3) is 11.4 Å². The summed E-state index contributed by atoms with van der Waals surface area (Å²) in [5, 5.41) is 13.3. The molecule has 0 aliphatic carbocycles. The molecule has 0 saturated heterocycles. The van der Waals surface area contributed by atoms with E-state index >= 15 is 0 Å². The molecule has 1 aromatic carbocycles. The smallest absolute Gasteiger partial charge is 0.234 e. The second-order valence-electron chi connectivity index (χ2n) is 3.41. The third kappa shape index (κ3) is 2.08. The Morgan fingerprint density at radius 3 is 2.88 bits per heavy atom. The van der Waals surface area contributed by atoms with E-state index in [0.29, 0.717) is 5.56 Å². The van der Waals surface area contributed by atoms with Gasteiger partial charge in [-0.05, 0) is 19.1 Å². The van der Waals surface area contributed by atoms with Crippen LogP contribution in [0.1, 0.15) is 12.8 Å². The third-order valence-corrected chi connectivity index (χ3v) is 2.01. The van der Waals surface area contributed by atoms with Crippen molar-refractivity contribution in [2.24, 2.45) is 0 Å². The van der Waals surface area contributed by atoms with Gasteiger partial charge in [-0.2, -0.15) is 4.98 Å². The van der Waals surface area contributed by atoms with Gasteiger partial charge in [0.05, 0.1) is 12.0 Å². The second-order valence-corrected chi connectivity index (χ2v) is 3.41. The van der Waals surface area contributed by atoms with Crippen LogP contribution in [0.4, 0.5) is 0 Å². The van der Waals surface area contributed by atoms with E-state index in [1.54, 1.807) is 18.2 Å². The highest BCUT2D eigenvalue weighted by Crippen LogP contribution is 2.25. The number of phenolic OH excluding ortho intramolecular Hbond substituents is 1. The molecule has 0 radical (unpaired) electrons. The van der Waals surface area contributed by atoms with Crippen LogP contribution in [0, 0.1) is 0 Å². The molecule has 0 fully saturated rings. The van der Waals surface area contributed by atoms with E-state index in [1.165, 1.54) is 13.0 Å². The minimum absolute atomic E-state index is 0.0486. The fourth-order valence-corrected chi connectivity index (χ4v) is 1.31. The first kappa shape index (κ1) is 10.4. The molecule has 0 saturated carbocycles. The van der Waals surface area contributed by atoms with Crippen molar-refractivity contribution < 1.29 is 14.4 Å². The number of carbonyl (C=O) groups is 1. The monoisotopic (exact) mass is 218 g/mol. The highest BCUT2D eigenvalue weighted by Gasteiger charge is 2.12. The molecule has 5 heteroatoms. The number of aromatic hydroxyl groups is 1. The van der Waals surface area contributed by atoms with Crippen LogP contribution in [-0.4, -0.2) is 21.0 Å². The molecule has 0 aliphatic heterocycles. The molecule has 1 heterocycles. The molecular formula is C11H10N2O3. The predicted octanol–water partition coefficient (Wildman–Crippen LogP) is 1.57. The Kier molecular flexibility index (Phi) is 2.68. The lowest BCUT2D eigenvalue weighted by Crippen LogP contribution is -1.96. The van der Waals surface area contributed by atoms with Gasteiger partial charge in [-0.25, -0.2) is 0 Å². The number of para-hydroxylation sites is 1. The van der Waals surface area contributed by atoms with E-state index in [0.717, 1.165) is 0 Å². The maximum atomic E-state index is 10.8. The average molecular weight is 218 g/mol. The summed E-state index contributed by atoms with van der Waals surface area (Å²) >= 11 is 0. The number of benzene rings is 1. The van der Waals surface area contributed by atoms with Crippen LogP contribution in [0.15, 0.2) is 28.8 Å². The zero-order valence-corrected chi connectivity index (χ0v) is 8.67. The summed E-state index contributed by atoms with van der Waals surface area (Å²) in [6.07, 6.45) is 0.112. The first-order valence-electron chi connectivity index (χ1n) is 4.77. The van der Waals surface area contributed by atoms with Crippen molar-refractivity contribution in [2.45, 2.75) is 13.3 Å². The molecule has 0 spiro atoms. The molecule has 1 N–H and O–H groups in total. The number of hydrogen-bond acceptors (Lipinski definition) is 5. The van der Waals surface area contributed by atoms with Crippen LogP contribution in [0.2, 0.25) is 0 Å². The van der Waals surface area contributed by atoms with Gasteiger partial charge in [-0.3, -0.25) is 4.79 Å². The van der Waals surface area contributed by atoms with Gasteiger partial charge in [0.2, 0.25) is 11.7 Å². The summed E-state index contributed by atoms with van der Waals surface area (Å²) in [4.78, 5) is 14.9. The molecule has 5 nitrogen and oxygen atoms in total. The standard InChI is InChI=1S/C11H10N2O3/c1-7(14)6-10-12-11(13-16-10)8-4-2-3-5-9(8)15/h2-5,15H,6H2,1H3. The minimum atomic E-state index is -0.0486. The molecule has 0 unspecified atom stereocenters. The SMILES string of the molecule is CC(=O)Cc1nc(-c2ccccc2O)no1. The second kappa shape index (κ2) is 4.14. The largest absolute Gasteiger partial charge is 0.507 e. The van der Waals surface area contributed by atoms with Gasteiger partial charge in [0, 0.05) is 0 Å². The number of rotatable bonds is 3. The molecule has 2 rings (SSSR count). The molecule has 0 amide bonds. The van der Waals surface area contributed by atoms with Crippen molar-refractivity contribution in [3.05, 3.63) is 30.2 Å². The van der Waals surface area contributed by atoms with Crippen molar-refractivity contribution in [3.63, 3.8) is 0 Å². The Balaban J connectivity index is 2.32. The molecule has 1 aromatic heterocycles. The Hall–Kier alpha value is -2.17. The summed E-state index contributed by atoms with van der Waals surface area (Å²) < 4.78 is 4.89. The lowest BCUT2D eigenvalue weighted by molar-refractivity contribution is -0.116. The fraction of sp³-hybridized carbons (Fsp3) is 0.182. The maximum Gasteiger partial charge on any atom is 0.234 e. The van der Waals surface area contributed by atoms with Gasteiger partial charge in [-0.1, -0.05) is 17.3 Å². The van der Waals surface area contributed by atoms with Gasteiger partial charge < -0.3 is 9.63 Å². The van der Waals surface area contributed by atoms with Gasteiger partial charge in [0.15, 0.2) is 0 Å². The van der Waals surface area contributed by atoms with E-state index in [-0.39, 0.29) is 29.7 Å². The lowest BCUT2D eigenvalue weighted by Gasteiger charge is -1.96. The lowest BCUT2D eigenvalue weighted by atomic mass is 10.2. The minimum Gasteiger partial charge on any atom is -0.507 e. The normalized spacial score (nSPS) is 10.3. The summed E-state index contributed by atoms with van der Waals surface area (Å²) in [6, 6.07) is 6.68. The van der Waals surface area contributed by atoms with Gasteiger partial charge in [0.25, 0.3) is 0 Å². The Morgan fingerprint density at radius 1 is 1.44 bits per heavy atom.